The zero-order chi connectivity index (χ0) is 11.8. The van der Waals surface area contributed by atoms with Crippen molar-refractivity contribution in [3.05, 3.63) is 34.6 Å². The van der Waals surface area contributed by atoms with Gasteiger partial charge in [-0.1, -0.05) is 20.8 Å². The molecule has 0 radical (unpaired) electrons. The van der Waals surface area contributed by atoms with Crippen LogP contribution >= 0.6 is 0 Å². The number of carbonyl (C=O) groups excluding carboxylic acids is 1. The Hall–Kier alpha value is -1.18. The third kappa shape index (κ3) is 2.44. The molecule has 0 spiro atoms. The summed E-state index contributed by atoms with van der Waals surface area (Å²) in [5, 5.41) is 0. The first-order valence-electron chi connectivity index (χ1n) is 5.05. The summed E-state index contributed by atoms with van der Waals surface area (Å²) in [6.07, 6.45) is 0. The van der Waals surface area contributed by atoms with Crippen LogP contribution in [0.4, 0.5) is 4.39 Å². The average molecular weight is 208 g/mol. The number of halogens is 1. The van der Waals surface area contributed by atoms with Gasteiger partial charge in [-0.25, -0.2) is 4.39 Å². The van der Waals surface area contributed by atoms with Crippen molar-refractivity contribution in [3.8, 4) is 0 Å². The minimum Gasteiger partial charge on any atom is -0.294 e. The predicted octanol–water partition coefficient (Wildman–Crippen LogP) is 3.67. The van der Waals surface area contributed by atoms with E-state index in [9.17, 15) is 9.18 Å². The van der Waals surface area contributed by atoms with E-state index >= 15 is 0 Å². The molecule has 0 amide bonds. The van der Waals surface area contributed by atoms with Crippen LogP contribution in [-0.4, -0.2) is 5.78 Å². The SMILES string of the molecule is Cc1cc(C(=O)C(C)(C)C)cc(C)c1F. The molecule has 1 rings (SSSR count). The Kier molecular flexibility index (Phi) is 2.98. The Bertz CT molecular complexity index is 376. The number of Topliss-reactive ketones (excluding diaryl/α,β-unsaturated/α-hetero) is 1. The molecule has 0 atom stereocenters. The van der Waals surface area contributed by atoms with E-state index < -0.39 is 5.41 Å². The Morgan fingerprint density at radius 2 is 1.53 bits per heavy atom. The summed E-state index contributed by atoms with van der Waals surface area (Å²) in [4.78, 5) is 12.0. The van der Waals surface area contributed by atoms with Gasteiger partial charge in [0.25, 0.3) is 0 Å². The minimum absolute atomic E-state index is 0.0497. The van der Waals surface area contributed by atoms with E-state index in [0.29, 0.717) is 16.7 Å². The molecule has 0 heterocycles. The summed E-state index contributed by atoms with van der Waals surface area (Å²) in [6, 6.07) is 3.24. The third-order valence-corrected chi connectivity index (χ3v) is 2.38. The lowest BCUT2D eigenvalue weighted by atomic mass is 9.85. The fraction of sp³-hybridized carbons (Fsp3) is 0.462. The largest absolute Gasteiger partial charge is 0.294 e. The minimum atomic E-state index is -0.420. The van der Waals surface area contributed by atoms with Gasteiger partial charge < -0.3 is 0 Å². The highest BCUT2D eigenvalue weighted by molar-refractivity contribution is 6.00. The third-order valence-electron chi connectivity index (χ3n) is 2.38. The first kappa shape index (κ1) is 11.9. The zero-order valence-corrected chi connectivity index (χ0v) is 9.94. The van der Waals surface area contributed by atoms with E-state index in [0.717, 1.165) is 0 Å². The Balaban J connectivity index is 3.24. The van der Waals surface area contributed by atoms with Gasteiger partial charge in [-0.15, -0.1) is 0 Å². The maximum atomic E-state index is 13.4. The number of ketones is 1. The van der Waals surface area contributed by atoms with Crippen molar-refractivity contribution in [2.75, 3.05) is 0 Å². The Labute approximate surface area is 90.3 Å². The van der Waals surface area contributed by atoms with E-state index in [4.69, 9.17) is 0 Å². The first-order chi connectivity index (χ1) is 6.73. The molecule has 0 aliphatic rings. The van der Waals surface area contributed by atoms with Crippen LogP contribution in [0, 0.1) is 25.1 Å². The quantitative estimate of drug-likeness (QED) is 0.643. The summed E-state index contributed by atoms with van der Waals surface area (Å²) >= 11 is 0. The normalized spacial score (nSPS) is 11.6. The fourth-order valence-corrected chi connectivity index (χ4v) is 1.51. The van der Waals surface area contributed by atoms with Gasteiger partial charge in [0, 0.05) is 11.0 Å². The topological polar surface area (TPSA) is 17.1 Å². The number of benzene rings is 1. The number of rotatable bonds is 1. The number of hydrogen-bond donors (Lipinski definition) is 0. The van der Waals surface area contributed by atoms with Gasteiger partial charge in [-0.2, -0.15) is 0 Å². The standard InChI is InChI=1S/C13H17FO/c1-8-6-10(7-9(2)11(8)14)12(15)13(3,4)5/h6-7H,1-5H3. The molecule has 0 bridgehead atoms. The zero-order valence-electron chi connectivity index (χ0n) is 9.94. The summed E-state index contributed by atoms with van der Waals surface area (Å²) in [5.74, 6) is -0.172. The van der Waals surface area contributed by atoms with Crippen LogP contribution in [0.15, 0.2) is 12.1 Å². The van der Waals surface area contributed by atoms with Crippen molar-refractivity contribution in [2.24, 2.45) is 5.41 Å². The van der Waals surface area contributed by atoms with E-state index in [1.165, 1.54) is 0 Å². The molecule has 0 saturated carbocycles. The molecule has 2 heteroatoms. The van der Waals surface area contributed by atoms with E-state index in [-0.39, 0.29) is 11.6 Å². The van der Waals surface area contributed by atoms with Gasteiger partial charge in [-0.3, -0.25) is 4.79 Å². The van der Waals surface area contributed by atoms with Crippen LogP contribution in [-0.2, 0) is 0 Å². The highest BCUT2D eigenvalue weighted by Gasteiger charge is 2.23. The van der Waals surface area contributed by atoms with Crippen molar-refractivity contribution >= 4 is 5.78 Å². The summed E-state index contributed by atoms with van der Waals surface area (Å²) in [7, 11) is 0. The summed E-state index contributed by atoms with van der Waals surface area (Å²) in [5.41, 5.74) is 1.24. The van der Waals surface area contributed by atoms with Gasteiger partial charge in [0.2, 0.25) is 0 Å². The van der Waals surface area contributed by atoms with Gasteiger partial charge in [0.15, 0.2) is 5.78 Å². The maximum absolute atomic E-state index is 13.4. The summed E-state index contributed by atoms with van der Waals surface area (Å²) in [6.45, 7) is 8.96. The second kappa shape index (κ2) is 3.76. The Morgan fingerprint density at radius 1 is 1.13 bits per heavy atom. The van der Waals surface area contributed by atoms with Gasteiger partial charge in [0.1, 0.15) is 5.82 Å². The Morgan fingerprint density at radius 3 is 1.87 bits per heavy atom. The number of hydrogen-bond acceptors (Lipinski definition) is 1. The maximum Gasteiger partial charge on any atom is 0.168 e. The van der Waals surface area contributed by atoms with Crippen LogP contribution in [0.3, 0.4) is 0 Å². The van der Waals surface area contributed by atoms with Crippen LogP contribution in [0.1, 0.15) is 42.3 Å². The molecule has 1 aromatic carbocycles. The van der Waals surface area contributed by atoms with Crippen LogP contribution < -0.4 is 0 Å². The molecule has 0 fully saturated rings. The highest BCUT2D eigenvalue weighted by Crippen LogP contribution is 2.23. The molecule has 0 saturated heterocycles. The molecule has 0 N–H and O–H groups in total. The lowest BCUT2D eigenvalue weighted by molar-refractivity contribution is 0.0858. The van der Waals surface area contributed by atoms with Crippen molar-refractivity contribution in [1.82, 2.24) is 0 Å². The number of aryl methyl sites for hydroxylation is 2. The van der Waals surface area contributed by atoms with Crippen molar-refractivity contribution in [3.63, 3.8) is 0 Å². The number of carbonyl (C=O) groups is 1. The van der Waals surface area contributed by atoms with Crippen molar-refractivity contribution in [2.45, 2.75) is 34.6 Å². The highest BCUT2D eigenvalue weighted by atomic mass is 19.1. The first-order valence-corrected chi connectivity index (χ1v) is 5.05. The van der Waals surface area contributed by atoms with Crippen LogP contribution in [0.5, 0.6) is 0 Å². The molecule has 1 aromatic rings. The fourth-order valence-electron chi connectivity index (χ4n) is 1.51. The average Bonchev–Trinajstić information content (AvgIpc) is 2.10. The van der Waals surface area contributed by atoms with E-state index in [2.05, 4.69) is 0 Å². The molecular weight excluding hydrogens is 191 g/mol. The lowest BCUT2D eigenvalue weighted by Gasteiger charge is -2.17. The monoisotopic (exact) mass is 208 g/mol. The van der Waals surface area contributed by atoms with Crippen molar-refractivity contribution in [1.29, 1.82) is 0 Å². The molecule has 1 nitrogen and oxygen atoms in total. The van der Waals surface area contributed by atoms with Gasteiger partial charge in [0.05, 0.1) is 0 Å². The van der Waals surface area contributed by atoms with Crippen molar-refractivity contribution < 1.29 is 9.18 Å². The smallest absolute Gasteiger partial charge is 0.168 e. The predicted molar refractivity (Wildman–Crippen MR) is 59.7 cm³/mol. The van der Waals surface area contributed by atoms with E-state index in [1.807, 2.05) is 20.8 Å². The molecular formula is C13H17FO. The molecule has 0 aliphatic carbocycles. The van der Waals surface area contributed by atoms with E-state index in [1.54, 1.807) is 26.0 Å². The lowest BCUT2D eigenvalue weighted by Crippen LogP contribution is -2.20. The van der Waals surface area contributed by atoms with Gasteiger partial charge >= 0.3 is 0 Å². The summed E-state index contributed by atoms with van der Waals surface area (Å²) < 4.78 is 13.4. The van der Waals surface area contributed by atoms with Gasteiger partial charge in [-0.05, 0) is 37.1 Å². The molecule has 15 heavy (non-hydrogen) atoms. The molecule has 0 aromatic heterocycles. The second-order valence-corrected chi connectivity index (χ2v) is 5.00. The molecule has 0 aliphatic heterocycles. The second-order valence-electron chi connectivity index (χ2n) is 5.00. The molecule has 82 valence electrons. The molecule has 0 unspecified atom stereocenters. The van der Waals surface area contributed by atoms with Crippen LogP contribution in [0.2, 0.25) is 0 Å². The van der Waals surface area contributed by atoms with Crippen LogP contribution in [0.25, 0.3) is 0 Å².